The van der Waals surface area contributed by atoms with Crippen LogP contribution in [0.15, 0.2) is 30.3 Å². The predicted octanol–water partition coefficient (Wildman–Crippen LogP) is 1.81. The maximum atomic E-state index is 11.8. The van der Waals surface area contributed by atoms with Gasteiger partial charge < -0.3 is 20.3 Å². The van der Waals surface area contributed by atoms with Crippen LogP contribution >= 0.6 is 37.2 Å². The van der Waals surface area contributed by atoms with E-state index in [1.165, 1.54) is 5.69 Å². The van der Waals surface area contributed by atoms with Gasteiger partial charge in [0.25, 0.3) is 0 Å². The molecule has 27 heavy (non-hydrogen) atoms. The molecule has 1 saturated heterocycles. The summed E-state index contributed by atoms with van der Waals surface area (Å²) in [6.45, 7) is 8.64. The molecule has 0 aliphatic carbocycles. The Morgan fingerprint density at radius 1 is 1.11 bits per heavy atom. The van der Waals surface area contributed by atoms with Gasteiger partial charge in [-0.25, -0.2) is 0 Å². The first kappa shape index (κ1) is 28.4. The zero-order valence-electron chi connectivity index (χ0n) is 16.1. The summed E-state index contributed by atoms with van der Waals surface area (Å²) < 4.78 is 4.94. The molecule has 0 radical (unpaired) electrons. The van der Waals surface area contributed by atoms with Gasteiger partial charge in [-0.1, -0.05) is 18.2 Å². The minimum Gasteiger partial charge on any atom is -0.383 e. The molecule has 0 bridgehead atoms. The van der Waals surface area contributed by atoms with Crippen molar-refractivity contribution in [2.24, 2.45) is 0 Å². The number of benzene rings is 1. The lowest BCUT2D eigenvalue weighted by atomic mass is 10.2. The monoisotopic (exact) mass is 442 g/mol. The molecule has 1 fully saturated rings. The molecule has 158 valence electrons. The largest absolute Gasteiger partial charge is 0.383 e. The molecule has 2 rings (SSSR count). The molecule has 0 aromatic heterocycles. The summed E-state index contributed by atoms with van der Waals surface area (Å²) in [6.07, 6.45) is 0. The number of nitrogens with one attached hydrogen (secondary N) is 2. The third kappa shape index (κ3) is 10.4. The van der Waals surface area contributed by atoms with Crippen LogP contribution in [0.25, 0.3) is 0 Å². The Balaban J connectivity index is 0. The average molecular weight is 444 g/mol. The predicted molar refractivity (Wildman–Crippen MR) is 119 cm³/mol. The van der Waals surface area contributed by atoms with Crippen molar-refractivity contribution in [3.05, 3.63) is 30.3 Å². The lowest BCUT2D eigenvalue weighted by molar-refractivity contribution is -0.120. The van der Waals surface area contributed by atoms with Gasteiger partial charge >= 0.3 is 0 Å². The van der Waals surface area contributed by atoms with Crippen LogP contribution < -0.4 is 15.5 Å². The molecule has 1 atom stereocenters. The van der Waals surface area contributed by atoms with Crippen molar-refractivity contribution in [2.45, 2.75) is 13.0 Å². The molecule has 0 saturated carbocycles. The Bertz CT molecular complexity index is 489. The molecule has 1 aliphatic rings. The Morgan fingerprint density at radius 2 is 1.74 bits per heavy atom. The number of para-hydroxylation sites is 1. The second-order valence-electron chi connectivity index (χ2n) is 6.18. The molecule has 1 unspecified atom stereocenters. The molecule has 9 heteroatoms. The highest BCUT2D eigenvalue weighted by Crippen LogP contribution is 2.16. The van der Waals surface area contributed by atoms with Crippen molar-refractivity contribution in [3.8, 4) is 0 Å². The molecule has 2 N–H and O–H groups in total. The van der Waals surface area contributed by atoms with Gasteiger partial charge in [0.1, 0.15) is 0 Å². The molecule has 1 aromatic rings. The van der Waals surface area contributed by atoms with Crippen LogP contribution in [0.3, 0.4) is 0 Å². The smallest absolute Gasteiger partial charge is 0.234 e. The van der Waals surface area contributed by atoms with Gasteiger partial charge in [-0.05, 0) is 19.1 Å². The Morgan fingerprint density at radius 3 is 2.33 bits per heavy atom. The van der Waals surface area contributed by atoms with E-state index in [2.05, 4.69) is 57.7 Å². The third-order valence-corrected chi connectivity index (χ3v) is 4.42. The van der Waals surface area contributed by atoms with Crippen molar-refractivity contribution in [1.29, 1.82) is 0 Å². The van der Waals surface area contributed by atoms with Crippen molar-refractivity contribution >= 4 is 48.8 Å². The van der Waals surface area contributed by atoms with Gasteiger partial charge in [-0.15, -0.1) is 37.2 Å². The molecule has 1 amide bonds. The van der Waals surface area contributed by atoms with Crippen LogP contribution in [0, 0.1) is 0 Å². The number of halogens is 3. The van der Waals surface area contributed by atoms with E-state index in [9.17, 15) is 4.79 Å². The molecule has 1 aromatic carbocycles. The Labute approximate surface area is 181 Å². The standard InChI is InChI=1S/C18H30N4O2.3ClH/c1-16(14-20-18(23)15-19-8-13-24-2)21-9-11-22(12-10-21)17-6-4-3-5-7-17;;;/h3-7,16,19H,8-15H2,1-2H3,(H,20,23);3*1H. The van der Waals surface area contributed by atoms with Crippen molar-refractivity contribution < 1.29 is 9.53 Å². The fraction of sp³-hybridized carbons (Fsp3) is 0.611. The number of carbonyl (C=O) groups is 1. The summed E-state index contributed by atoms with van der Waals surface area (Å²) in [4.78, 5) is 16.7. The fourth-order valence-electron chi connectivity index (χ4n) is 2.89. The minimum absolute atomic E-state index is 0. The highest BCUT2D eigenvalue weighted by atomic mass is 35.5. The van der Waals surface area contributed by atoms with Crippen molar-refractivity contribution in [2.75, 3.05) is 64.4 Å². The highest BCUT2D eigenvalue weighted by molar-refractivity contribution is 5.86. The molecular formula is C18H33Cl3N4O2. The summed E-state index contributed by atoms with van der Waals surface area (Å²) in [5, 5.41) is 6.06. The number of amides is 1. The van der Waals surface area contributed by atoms with Crippen LogP contribution in [0.4, 0.5) is 5.69 Å². The van der Waals surface area contributed by atoms with E-state index in [0.29, 0.717) is 32.3 Å². The number of nitrogens with zero attached hydrogens (tertiary/aromatic N) is 2. The second-order valence-corrected chi connectivity index (χ2v) is 6.18. The van der Waals surface area contributed by atoms with Crippen LogP contribution in [0.1, 0.15) is 6.92 Å². The van der Waals surface area contributed by atoms with E-state index >= 15 is 0 Å². The zero-order chi connectivity index (χ0) is 17.2. The number of hydrogen-bond acceptors (Lipinski definition) is 5. The maximum absolute atomic E-state index is 11.8. The molecule has 0 spiro atoms. The lowest BCUT2D eigenvalue weighted by Gasteiger charge is -2.39. The van der Waals surface area contributed by atoms with E-state index in [1.807, 2.05) is 0 Å². The minimum atomic E-state index is 0. The summed E-state index contributed by atoms with van der Waals surface area (Å²) in [5.41, 5.74) is 1.29. The first-order chi connectivity index (χ1) is 11.7. The molecule has 6 nitrogen and oxygen atoms in total. The van der Waals surface area contributed by atoms with Gasteiger partial charge in [0.15, 0.2) is 0 Å². The zero-order valence-corrected chi connectivity index (χ0v) is 18.5. The number of rotatable bonds is 9. The number of ether oxygens (including phenoxy) is 1. The van der Waals surface area contributed by atoms with Crippen LogP contribution in [-0.4, -0.2) is 76.4 Å². The van der Waals surface area contributed by atoms with E-state index in [0.717, 1.165) is 26.2 Å². The fourth-order valence-corrected chi connectivity index (χ4v) is 2.89. The number of anilines is 1. The Kier molecular flexibility index (Phi) is 17.1. The Hall–Kier alpha value is -0.760. The van der Waals surface area contributed by atoms with Crippen LogP contribution in [0.5, 0.6) is 0 Å². The number of methoxy groups -OCH3 is 1. The number of hydrogen-bond donors (Lipinski definition) is 2. The summed E-state index contributed by atoms with van der Waals surface area (Å²) in [6, 6.07) is 10.9. The van der Waals surface area contributed by atoms with Gasteiger partial charge in [-0.2, -0.15) is 0 Å². The topological polar surface area (TPSA) is 56.8 Å². The number of piperazine rings is 1. The molecule has 1 heterocycles. The van der Waals surface area contributed by atoms with Gasteiger partial charge in [0.2, 0.25) is 5.91 Å². The maximum Gasteiger partial charge on any atom is 0.234 e. The van der Waals surface area contributed by atoms with Gasteiger partial charge in [0.05, 0.1) is 13.2 Å². The van der Waals surface area contributed by atoms with Crippen molar-refractivity contribution in [3.63, 3.8) is 0 Å². The van der Waals surface area contributed by atoms with Gasteiger partial charge in [-0.3, -0.25) is 9.69 Å². The normalized spacial score (nSPS) is 15.0. The van der Waals surface area contributed by atoms with E-state index < -0.39 is 0 Å². The van der Waals surface area contributed by atoms with Gasteiger partial charge in [0, 0.05) is 58.1 Å². The summed E-state index contributed by atoms with van der Waals surface area (Å²) in [5.74, 6) is 0.0425. The van der Waals surface area contributed by atoms with Crippen LogP contribution in [-0.2, 0) is 9.53 Å². The van der Waals surface area contributed by atoms with E-state index in [-0.39, 0.29) is 43.1 Å². The SMILES string of the molecule is COCCNCC(=O)NCC(C)N1CCN(c2ccccc2)CC1.Cl.Cl.Cl. The molecular weight excluding hydrogens is 411 g/mol. The quantitative estimate of drug-likeness (QED) is 0.570. The van der Waals surface area contributed by atoms with E-state index in [1.54, 1.807) is 7.11 Å². The highest BCUT2D eigenvalue weighted by Gasteiger charge is 2.21. The summed E-state index contributed by atoms with van der Waals surface area (Å²) >= 11 is 0. The first-order valence-corrected chi connectivity index (χ1v) is 8.71. The average Bonchev–Trinajstić information content (AvgIpc) is 2.64. The van der Waals surface area contributed by atoms with Crippen LogP contribution in [0.2, 0.25) is 0 Å². The van der Waals surface area contributed by atoms with Crippen molar-refractivity contribution in [1.82, 2.24) is 15.5 Å². The first-order valence-electron chi connectivity index (χ1n) is 8.71. The third-order valence-electron chi connectivity index (χ3n) is 4.42. The number of carbonyl (C=O) groups excluding carboxylic acids is 1. The van der Waals surface area contributed by atoms with E-state index in [4.69, 9.17) is 4.74 Å². The lowest BCUT2D eigenvalue weighted by Crippen LogP contribution is -2.52. The summed E-state index contributed by atoms with van der Waals surface area (Å²) in [7, 11) is 1.65. The molecule has 1 aliphatic heterocycles. The second kappa shape index (κ2) is 16.2.